The fourth-order valence-electron chi connectivity index (χ4n) is 1.72. The van der Waals surface area contributed by atoms with Gasteiger partial charge >= 0.3 is 0 Å². The molecule has 1 aliphatic rings. The highest BCUT2D eigenvalue weighted by Gasteiger charge is 2.34. The van der Waals surface area contributed by atoms with Crippen molar-refractivity contribution in [1.82, 2.24) is 9.55 Å². The third-order valence-electron chi connectivity index (χ3n) is 2.62. The smallest absolute Gasteiger partial charge is 0.287 e. The van der Waals surface area contributed by atoms with Gasteiger partial charge < -0.3 is 14.9 Å². The van der Waals surface area contributed by atoms with Crippen LogP contribution in [0.15, 0.2) is 11.0 Å². The van der Waals surface area contributed by atoms with Crippen LogP contribution in [0.4, 0.5) is 4.39 Å². The average molecular weight is 262 g/mol. The Kier molecular flexibility index (Phi) is 3.38. The summed E-state index contributed by atoms with van der Waals surface area (Å²) in [6.45, 7) is -0.336. The van der Waals surface area contributed by atoms with Gasteiger partial charge in [-0.2, -0.15) is 4.39 Å². The molecule has 3 atom stereocenters. The number of aromatic amines is 1. The molecular formula is C9H11FN2O4S. The van der Waals surface area contributed by atoms with E-state index in [1.54, 1.807) is 0 Å². The van der Waals surface area contributed by atoms with Crippen LogP contribution in [0.5, 0.6) is 0 Å². The number of ether oxygens (including phenoxy) is 1. The van der Waals surface area contributed by atoms with E-state index in [0.717, 1.165) is 6.20 Å². The Morgan fingerprint density at radius 3 is 3.00 bits per heavy atom. The van der Waals surface area contributed by atoms with Crippen molar-refractivity contribution in [1.29, 1.82) is 0 Å². The Hall–Kier alpha value is -1.09. The van der Waals surface area contributed by atoms with Crippen molar-refractivity contribution < 1.29 is 19.3 Å². The summed E-state index contributed by atoms with van der Waals surface area (Å²) in [5.41, 5.74) is -0.900. The number of rotatable bonds is 2. The Bertz CT molecular complexity index is 528. The van der Waals surface area contributed by atoms with Crippen molar-refractivity contribution in [3.8, 4) is 0 Å². The van der Waals surface area contributed by atoms with E-state index < -0.39 is 29.8 Å². The highest BCUT2D eigenvalue weighted by Crippen LogP contribution is 2.28. The van der Waals surface area contributed by atoms with Crippen LogP contribution in [0.1, 0.15) is 12.6 Å². The molecule has 8 heteroatoms. The van der Waals surface area contributed by atoms with Gasteiger partial charge in [0.25, 0.3) is 5.56 Å². The number of nitrogens with zero attached hydrogens (tertiary/aromatic N) is 1. The summed E-state index contributed by atoms with van der Waals surface area (Å²) in [6, 6.07) is 0. The summed E-state index contributed by atoms with van der Waals surface area (Å²) in [5.74, 6) is -0.982. The monoisotopic (exact) mass is 262 g/mol. The van der Waals surface area contributed by atoms with Gasteiger partial charge in [0.1, 0.15) is 12.3 Å². The Morgan fingerprint density at radius 1 is 1.71 bits per heavy atom. The number of aromatic nitrogens is 2. The molecule has 0 spiro atoms. The number of nitrogens with one attached hydrogen (secondary N) is 1. The van der Waals surface area contributed by atoms with Crippen LogP contribution in [0.25, 0.3) is 0 Å². The topological polar surface area (TPSA) is 87.5 Å². The van der Waals surface area contributed by atoms with Crippen molar-refractivity contribution in [2.45, 2.75) is 24.9 Å². The van der Waals surface area contributed by atoms with Gasteiger partial charge in [0.2, 0.25) is 5.82 Å². The standard InChI is InChI=1S/C9H11FN2O4S/c10-4-2-12(9(17)11-8(4)15)7-1-5(14)6(3-13)16-7/h2,5-7,13-14H,1,3H2,(H,11,15,17)/t5-,6+,7-/m0/s1. The minimum Gasteiger partial charge on any atom is -0.394 e. The molecule has 1 fully saturated rings. The molecule has 0 unspecified atom stereocenters. The fourth-order valence-corrected chi connectivity index (χ4v) is 1.99. The minimum absolute atomic E-state index is 0.00666. The Balaban J connectivity index is 2.34. The summed E-state index contributed by atoms with van der Waals surface area (Å²) in [5, 5.41) is 18.5. The first-order valence-electron chi connectivity index (χ1n) is 4.98. The maximum Gasteiger partial charge on any atom is 0.287 e. The molecule has 94 valence electrons. The molecule has 0 bridgehead atoms. The second kappa shape index (κ2) is 4.65. The van der Waals surface area contributed by atoms with E-state index in [-0.39, 0.29) is 17.8 Å². The second-order valence-corrected chi connectivity index (χ2v) is 4.15. The predicted octanol–water partition coefficient (Wildman–Crippen LogP) is -0.314. The molecule has 2 heterocycles. The predicted molar refractivity (Wildman–Crippen MR) is 57.5 cm³/mol. The molecule has 2 rings (SSSR count). The van der Waals surface area contributed by atoms with Gasteiger partial charge in [-0.15, -0.1) is 0 Å². The molecule has 1 aromatic heterocycles. The van der Waals surface area contributed by atoms with Crippen molar-refractivity contribution >= 4 is 12.2 Å². The van der Waals surface area contributed by atoms with Crippen LogP contribution < -0.4 is 5.56 Å². The lowest BCUT2D eigenvalue weighted by atomic mass is 10.2. The van der Waals surface area contributed by atoms with E-state index in [9.17, 15) is 14.3 Å². The van der Waals surface area contributed by atoms with Gasteiger partial charge in [-0.25, -0.2) is 0 Å². The number of halogens is 1. The van der Waals surface area contributed by atoms with Crippen LogP contribution in [-0.2, 0) is 4.74 Å². The van der Waals surface area contributed by atoms with E-state index >= 15 is 0 Å². The molecule has 1 aromatic rings. The minimum atomic E-state index is -0.982. The average Bonchev–Trinajstić information content (AvgIpc) is 2.65. The first-order valence-corrected chi connectivity index (χ1v) is 5.39. The molecule has 0 radical (unpaired) electrons. The van der Waals surface area contributed by atoms with Gasteiger partial charge in [0.15, 0.2) is 4.77 Å². The highest BCUT2D eigenvalue weighted by atomic mass is 32.1. The third kappa shape index (κ3) is 2.29. The Labute approximate surface area is 100 Å². The van der Waals surface area contributed by atoms with Gasteiger partial charge in [-0.1, -0.05) is 0 Å². The summed E-state index contributed by atoms with van der Waals surface area (Å²) in [7, 11) is 0. The molecular weight excluding hydrogens is 251 g/mol. The molecule has 0 amide bonds. The maximum absolute atomic E-state index is 13.1. The first-order chi connectivity index (χ1) is 8.02. The molecule has 1 saturated heterocycles. The van der Waals surface area contributed by atoms with Crippen molar-refractivity contribution in [3.63, 3.8) is 0 Å². The summed E-state index contributed by atoms with van der Waals surface area (Å²) in [6.07, 6.45) is -1.16. The summed E-state index contributed by atoms with van der Waals surface area (Å²) in [4.78, 5) is 13.1. The molecule has 3 N–H and O–H groups in total. The molecule has 17 heavy (non-hydrogen) atoms. The lowest BCUT2D eigenvalue weighted by Gasteiger charge is -2.15. The molecule has 1 aliphatic heterocycles. The second-order valence-electron chi connectivity index (χ2n) is 3.76. The number of aliphatic hydroxyl groups is 2. The van der Waals surface area contributed by atoms with E-state index in [2.05, 4.69) is 4.98 Å². The fraction of sp³-hybridized carbons (Fsp3) is 0.556. The largest absolute Gasteiger partial charge is 0.394 e. The molecule has 0 aromatic carbocycles. The zero-order valence-corrected chi connectivity index (χ0v) is 9.48. The van der Waals surface area contributed by atoms with Crippen molar-refractivity contribution in [2.75, 3.05) is 6.61 Å². The van der Waals surface area contributed by atoms with Gasteiger partial charge in [-0.05, 0) is 12.2 Å². The van der Waals surface area contributed by atoms with E-state index in [4.69, 9.17) is 22.1 Å². The molecule has 0 aliphatic carbocycles. The number of aliphatic hydroxyl groups excluding tert-OH is 2. The lowest BCUT2D eigenvalue weighted by Crippen LogP contribution is -2.24. The van der Waals surface area contributed by atoms with Crippen LogP contribution in [0.2, 0.25) is 0 Å². The summed E-state index contributed by atoms with van der Waals surface area (Å²) < 4.78 is 19.6. The van der Waals surface area contributed by atoms with Crippen molar-refractivity contribution in [3.05, 3.63) is 27.1 Å². The number of H-pyrrole nitrogens is 1. The molecule has 0 saturated carbocycles. The van der Waals surface area contributed by atoms with Crippen LogP contribution in [0, 0.1) is 10.6 Å². The summed E-state index contributed by atoms with van der Waals surface area (Å²) >= 11 is 4.87. The molecule has 6 nitrogen and oxygen atoms in total. The maximum atomic E-state index is 13.1. The van der Waals surface area contributed by atoms with Gasteiger partial charge in [0, 0.05) is 6.42 Å². The van der Waals surface area contributed by atoms with Crippen LogP contribution in [0.3, 0.4) is 0 Å². The zero-order chi connectivity index (χ0) is 12.6. The van der Waals surface area contributed by atoms with E-state index in [1.807, 2.05) is 0 Å². The quantitative estimate of drug-likeness (QED) is 0.636. The van der Waals surface area contributed by atoms with E-state index in [0.29, 0.717) is 0 Å². The third-order valence-corrected chi connectivity index (χ3v) is 2.93. The number of hydrogen-bond acceptors (Lipinski definition) is 5. The van der Waals surface area contributed by atoms with Gasteiger partial charge in [0.05, 0.1) is 18.9 Å². The zero-order valence-electron chi connectivity index (χ0n) is 8.67. The van der Waals surface area contributed by atoms with Gasteiger partial charge in [-0.3, -0.25) is 14.3 Å². The normalized spacial score (nSPS) is 28.5. The first kappa shape index (κ1) is 12.4. The van der Waals surface area contributed by atoms with Crippen LogP contribution in [-0.4, -0.2) is 38.6 Å². The van der Waals surface area contributed by atoms with Crippen molar-refractivity contribution in [2.24, 2.45) is 0 Å². The number of hydrogen-bond donors (Lipinski definition) is 3. The van der Waals surface area contributed by atoms with Crippen LogP contribution >= 0.6 is 12.2 Å². The van der Waals surface area contributed by atoms with E-state index in [1.165, 1.54) is 4.57 Å². The highest BCUT2D eigenvalue weighted by molar-refractivity contribution is 7.71. The Morgan fingerprint density at radius 2 is 2.41 bits per heavy atom. The lowest BCUT2D eigenvalue weighted by molar-refractivity contribution is -0.0455. The SMILES string of the molecule is O=c1[nH]c(=S)n([C@@H]2C[C@H](O)[C@@H](CO)O2)cc1F.